The minimum atomic E-state index is 1.01. The smallest absolute Gasteiger partial charge is 0.130 e. The van der Waals surface area contributed by atoms with Crippen molar-refractivity contribution in [1.29, 1.82) is 0 Å². The molecule has 1 N–H and O–H groups in total. The lowest BCUT2D eigenvalue weighted by Crippen LogP contribution is -2.01. The lowest BCUT2D eigenvalue weighted by Gasteiger charge is -2.05. The highest BCUT2D eigenvalue weighted by Crippen LogP contribution is 2.21. The van der Waals surface area contributed by atoms with E-state index in [0.717, 1.165) is 16.5 Å². The van der Waals surface area contributed by atoms with Crippen LogP contribution in [-0.4, -0.2) is 23.1 Å². The molecule has 0 bridgehead atoms. The highest BCUT2D eigenvalue weighted by molar-refractivity contribution is 7.98. The molecule has 3 nitrogen and oxygen atoms in total. The second kappa shape index (κ2) is 4.40. The first-order valence-electron chi connectivity index (χ1n) is 4.72. The maximum Gasteiger partial charge on any atom is 0.130 e. The van der Waals surface area contributed by atoms with Crippen LogP contribution in [0.1, 0.15) is 0 Å². The molecular weight excluding hydrogens is 206 g/mol. The van der Waals surface area contributed by atoms with Crippen molar-refractivity contribution in [3.8, 4) is 5.69 Å². The number of nitrogens with one attached hydrogen (secondary N) is 1. The zero-order chi connectivity index (χ0) is 10.7. The van der Waals surface area contributed by atoms with Crippen molar-refractivity contribution in [2.75, 3.05) is 18.6 Å². The van der Waals surface area contributed by atoms with E-state index in [1.54, 1.807) is 11.8 Å². The topological polar surface area (TPSA) is 29.9 Å². The van der Waals surface area contributed by atoms with E-state index >= 15 is 0 Å². The molecule has 0 saturated heterocycles. The van der Waals surface area contributed by atoms with Gasteiger partial charge in [0.1, 0.15) is 10.8 Å². The molecule has 2 rings (SSSR count). The fraction of sp³-hybridized carbons (Fsp3) is 0.182. The van der Waals surface area contributed by atoms with Crippen LogP contribution >= 0.6 is 11.8 Å². The van der Waals surface area contributed by atoms with Gasteiger partial charge in [0.2, 0.25) is 0 Å². The molecular formula is C11H13N3S. The predicted molar refractivity (Wildman–Crippen MR) is 64.9 cm³/mol. The Morgan fingerprint density at radius 2 is 2.00 bits per heavy atom. The van der Waals surface area contributed by atoms with E-state index in [1.807, 2.05) is 54.4 Å². The number of benzene rings is 1. The SMILES string of the molecule is CNc1cc(SC)nn1-c1ccccc1. The molecule has 2 aromatic rings. The van der Waals surface area contributed by atoms with Crippen LogP contribution in [0.3, 0.4) is 0 Å². The number of thioether (sulfide) groups is 1. The Bertz CT molecular complexity index is 436. The summed E-state index contributed by atoms with van der Waals surface area (Å²) in [5.74, 6) is 1.01. The van der Waals surface area contributed by atoms with Gasteiger partial charge in [0, 0.05) is 13.1 Å². The van der Waals surface area contributed by atoms with Gasteiger partial charge in [-0.05, 0) is 18.4 Å². The molecule has 15 heavy (non-hydrogen) atoms. The van der Waals surface area contributed by atoms with E-state index in [9.17, 15) is 0 Å². The van der Waals surface area contributed by atoms with Gasteiger partial charge in [-0.2, -0.15) is 5.10 Å². The van der Waals surface area contributed by atoms with Crippen LogP contribution < -0.4 is 5.32 Å². The molecule has 78 valence electrons. The lowest BCUT2D eigenvalue weighted by atomic mass is 10.3. The number of hydrogen-bond acceptors (Lipinski definition) is 3. The Hall–Kier alpha value is -1.42. The van der Waals surface area contributed by atoms with Crippen molar-refractivity contribution < 1.29 is 0 Å². The van der Waals surface area contributed by atoms with E-state index in [2.05, 4.69) is 10.4 Å². The quantitative estimate of drug-likeness (QED) is 0.805. The molecule has 4 heteroatoms. The first-order valence-corrected chi connectivity index (χ1v) is 5.95. The summed E-state index contributed by atoms with van der Waals surface area (Å²) in [5, 5.41) is 8.64. The second-order valence-electron chi connectivity index (χ2n) is 3.07. The van der Waals surface area contributed by atoms with Crippen molar-refractivity contribution in [2.45, 2.75) is 5.03 Å². The molecule has 0 aliphatic heterocycles. The van der Waals surface area contributed by atoms with Crippen LogP contribution in [0.25, 0.3) is 5.69 Å². The summed E-state index contributed by atoms with van der Waals surface area (Å²) in [7, 11) is 1.90. The van der Waals surface area contributed by atoms with Crippen molar-refractivity contribution >= 4 is 17.6 Å². The maximum absolute atomic E-state index is 4.49. The van der Waals surface area contributed by atoms with Gasteiger partial charge in [-0.3, -0.25) is 0 Å². The van der Waals surface area contributed by atoms with Gasteiger partial charge in [-0.1, -0.05) is 18.2 Å². The standard InChI is InChI=1S/C11H13N3S/c1-12-10-8-11(15-2)13-14(10)9-6-4-3-5-7-9/h3-8,12H,1-2H3. The van der Waals surface area contributed by atoms with Gasteiger partial charge in [0.25, 0.3) is 0 Å². The summed E-state index contributed by atoms with van der Waals surface area (Å²) >= 11 is 1.64. The van der Waals surface area contributed by atoms with Crippen molar-refractivity contribution in [3.05, 3.63) is 36.4 Å². The number of para-hydroxylation sites is 1. The molecule has 1 heterocycles. The third kappa shape index (κ3) is 1.99. The van der Waals surface area contributed by atoms with E-state index in [-0.39, 0.29) is 0 Å². The summed E-state index contributed by atoms with van der Waals surface area (Å²) in [6.45, 7) is 0. The molecule has 0 spiro atoms. The fourth-order valence-electron chi connectivity index (χ4n) is 1.40. The predicted octanol–water partition coefficient (Wildman–Crippen LogP) is 2.64. The van der Waals surface area contributed by atoms with E-state index < -0.39 is 0 Å². The summed E-state index contributed by atoms with van der Waals surface area (Å²) < 4.78 is 1.91. The normalized spacial score (nSPS) is 10.3. The molecule has 0 amide bonds. The summed E-state index contributed by atoms with van der Waals surface area (Å²) in [4.78, 5) is 0. The molecule has 0 atom stereocenters. The van der Waals surface area contributed by atoms with Gasteiger partial charge < -0.3 is 5.32 Å². The van der Waals surface area contributed by atoms with E-state index in [0.29, 0.717) is 0 Å². The minimum absolute atomic E-state index is 1.01. The summed E-state index contributed by atoms with van der Waals surface area (Å²) in [5.41, 5.74) is 1.07. The average Bonchev–Trinajstić information content (AvgIpc) is 2.73. The Morgan fingerprint density at radius 3 is 2.60 bits per heavy atom. The highest BCUT2D eigenvalue weighted by atomic mass is 32.2. The Morgan fingerprint density at radius 1 is 1.27 bits per heavy atom. The number of aromatic nitrogens is 2. The van der Waals surface area contributed by atoms with Crippen LogP contribution in [0.15, 0.2) is 41.4 Å². The van der Waals surface area contributed by atoms with Gasteiger partial charge in [0.15, 0.2) is 0 Å². The van der Waals surface area contributed by atoms with E-state index in [4.69, 9.17) is 0 Å². The zero-order valence-electron chi connectivity index (χ0n) is 8.77. The lowest BCUT2D eigenvalue weighted by molar-refractivity contribution is 0.842. The average molecular weight is 219 g/mol. The van der Waals surface area contributed by atoms with Gasteiger partial charge in [-0.15, -0.1) is 11.8 Å². The second-order valence-corrected chi connectivity index (χ2v) is 3.90. The number of rotatable bonds is 3. The number of hydrogen-bond donors (Lipinski definition) is 1. The van der Waals surface area contributed by atoms with E-state index in [1.165, 1.54) is 0 Å². The largest absolute Gasteiger partial charge is 0.373 e. The Labute approximate surface area is 93.5 Å². The van der Waals surface area contributed by atoms with Crippen molar-refractivity contribution in [3.63, 3.8) is 0 Å². The zero-order valence-corrected chi connectivity index (χ0v) is 9.58. The molecule has 0 unspecified atom stereocenters. The van der Waals surface area contributed by atoms with Crippen LogP contribution in [0.4, 0.5) is 5.82 Å². The van der Waals surface area contributed by atoms with Crippen molar-refractivity contribution in [2.24, 2.45) is 0 Å². The molecule has 0 aliphatic carbocycles. The summed E-state index contributed by atoms with van der Waals surface area (Å²) in [6, 6.07) is 12.1. The summed E-state index contributed by atoms with van der Waals surface area (Å²) in [6.07, 6.45) is 2.02. The third-order valence-electron chi connectivity index (χ3n) is 2.15. The molecule has 0 aliphatic rings. The van der Waals surface area contributed by atoms with Crippen LogP contribution in [-0.2, 0) is 0 Å². The molecule has 0 saturated carbocycles. The third-order valence-corrected chi connectivity index (χ3v) is 2.77. The molecule has 0 radical (unpaired) electrons. The van der Waals surface area contributed by atoms with Crippen LogP contribution in [0.5, 0.6) is 0 Å². The number of anilines is 1. The fourth-order valence-corrected chi connectivity index (χ4v) is 1.80. The minimum Gasteiger partial charge on any atom is -0.373 e. The maximum atomic E-state index is 4.49. The van der Waals surface area contributed by atoms with Gasteiger partial charge in [-0.25, -0.2) is 4.68 Å². The molecule has 0 fully saturated rings. The number of nitrogens with zero attached hydrogens (tertiary/aromatic N) is 2. The molecule has 1 aromatic carbocycles. The van der Waals surface area contributed by atoms with Gasteiger partial charge >= 0.3 is 0 Å². The first kappa shape index (κ1) is 10.1. The first-order chi connectivity index (χ1) is 7.35. The molecule has 1 aromatic heterocycles. The highest BCUT2D eigenvalue weighted by Gasteiger charge is 2.06. The van der Waals surface area contributed by atoms with Crippen LogP contribution in [0.2, 0.25) is 0 Å². The van der Waals surface area contributed by atoms with Crippen LogP contribution in [0, 0.1) is 0 Å². The Balaban J connectivity index is 2.47. The Kier molecular flexibility index (Phi) is 2.97. The van der Waals surface area contributed by atoms with Crippen molar-refractivity contribution in [1.82, 2.24) is 9.78 Å². The monoisotopic (exact) mass is 219 g/mol. The van der Waals surface area contributed by atoms with Gasteiger partial charge in [0.05, 0.1) is 5.69 Å².